The number of hydrogen-bond acceptors (Lipinski definition) is 5. The molecule has 30 heavy (non-hydrogen) atoms. The molecule has 1 saturated carbocycles. The van der Waals surface area contributed by atoms with E-state index >= 15 is 0 Å². The number of benzene rings is 1. The van der Waals surface area contributed by atoms with Gasteiger partial charge in [0.15, 0.2) is 0 Å². The number of rotatable bonds is 4. The van der Waals surface area contributed by atoms with Gasteiger partial charge in [-0.3, -0.25) is 4.79 Å². The topological polar surface area (TPSA) is 97.7 Å². The van der Waals surface area contributed by atoms with Crippen LogP contribution in [-0.4, -0.2) is 33.9 Å². The number of nitrogens with one attached hydrogen (secondary N) is 2. The van der Waals surface area contributed by atoms with Crippen LogP contribution in [0, 0.1) is 22.7 Å². The molecule has 2 aromatic heterocycles. The summed E-state index contributed by atoms with van der Waals surface area (Å²) in [7, 11) is 0. The number of carbonyl (C=O) groups is 1. The minimum absolute atomic E-state index is 0.0129. The first-order valence-corrected chi connectivity index (χ1v) is 10.4. The van der Waals surface area contributed by atoms with Crippen molar-refractivity contribution in [2.45, 2.75) is 32.2 Å². The molecule has 0 bridgehead atoms. The maximum absolute atomic E-state index is 13.2. The van der Waals surface area contributed by atoms with Gasteiger partial charge in [-0.25, -0.2) is 9.97 Å². The number of H-pyrrole nitrogens is 1. The highest BCUT2D eigenvalue weighted by atomic mass is 16.2. The summed E-state index contributed by atoms with van der Waals surface area (Å²) in [5.41, 5.74) is 2.45. The molecule has 2 aliphatic rings. The second-order valence-electron chi connectivity index (χ2n) is 8.53. The Morgan fingerprint density at radius 1 is 1.37 bits per heavy atom. The zero-order valence-electron chi connectivity index (χ0n) is 16.9. The third-order valence-corrected chi connectivity index (χ3v) is 6.65. The lowest BCUT2D eigenvalue weighted by atomic mass is 9.81. The molecule has 152 valence electrons. The summed E-state index contributed by atoms with van der Waals surface area (Å²) in [5.74, 6) is 1.09. The van der Waals surface area contributed by atoms with Crippen LogP contribution in [0.4, 0.5) is 5.82 Å². The monoisotopic (exact) mass is 400 g/mol. The molecule has 2 unspecified atom stereocenters. The van der Waals surface area contributed by atoms with Crippen LogP contribution in [0.1, 0.15) is 43.4 Å². The number of aromatic amines is 1. The van der Waals surface area contributed by atoms with Crippen LogP contribution in [0.15, 0.2) is 42.9 Å². The molecule has 1 saturated heterocycles. The molecule has 2 N–H and O–H groups in total. The highest BCUT2D eigenvalue weighted by molar-refractivity contribution is 5.88. The largest absolute Gasteiger partial charge is 0.355 e. The molecule has 3 aromatic rings. The molecule has 3 heterocycles. The smallest absolute Gasteiger partial charge is 0.224 e. The molecule has 2 fully saturated rings. The molecule has 1 spiro atoms. The van der Waals surface area contributed by atoms with Gasteiger partial charge in [0, 0.05) is 25.2 Å². The van der Waals surface area contributed by atoms with Crippen LogP contribution in [0.2, 0.25) is 0 Å². The normalized spacial score (nSPS) is 20.7. The Morgan fingerprint density at radius 3 is 3.03 bits per heavy atom. The van der Waals surface area contributed by atoms with Gasteiger partial charge in [-0.1, -0.05) is 12.1 Å². The number of nitrogens with zero attached hydrogens (tertiary/aromatic N) is 4. The van der Waals surface area contributed by atoms with Gasteiger partial charge in [0.1, 0.15) is 17.8 Å². The van der Waals surface area contributed by atoms with Crippen LogP contribution >= 0.6 is 0 Å². The Labute approximate surface area is 175 Å². The minimum Gasteiger partial charge on any atom is -0.355 e. The van der Waals surface area contributed by atoms with Gasteiger partial charge in [0.2, 0.25) is 5.91 Å². The average molecular weight is 400 g/mol. The van der Waals surface area contributed by atoms with E-state index in [1.54, 1.807) is 12.4 Å². The summed E-state index contributed by atoms with van der Waals surface area (Å²) in [4.78, 5) is 27.5. The van der Waals surface area contributed by atoms with Crippen LogP contribution in [0.25, 0.3) is 11.0 Å². The van der Waals surface area contributed by atoms with E-state index in [4.69, 9.17) is 5.26 Å². The molecule has 7 nitrogen and oxygen atoms in total. The molecular formula is C23H24N6O. The Kier molecular flexibility index (Phi) is 4.43. The van der Waals surface area contributed by atoms with E-state index in [2.05, 4.69) is 31.2 Å². The van der Waals surface area contributed by atoms with Crippen molar-refractivity contribution in [3.8, 4) is 6.07 Å². The van der Waals surface area contributed by atoms with Gasteiger partial charge in [-0.2, -0.15) is 5.26 Å². The number of nitriles is 1. The molecular weight excluding hydrogens is 376 g/mol. The molecule has 5 rings (SSSR count). The SMILES string of the molecule is CC(NC(=O)C1CCN(c2ncnc3[nH]ccc23)CC12CC2)c1cccc(C#N)c1. The van der Waals surface area contributed by atoms with Gasteiger partial charge >= 0.3 is 0 Å². The van der Waals surface area contributed by atoms with Crippen molar-refractivity contribution >= 4 is 22.8 Å². The molecule has 1 aliphatic heterocycles. The Hall–Kier alpha value is -3.40. The zero-order valence-corrected chi connectivity index (χ0v) is 16.9. The second kappa shape index (κ2) is 7.13. The van der Waals surface area contributed by atoms with Crippen LogP contribution in [-0.2, 0) is 4.79 Å². The van der Waals surface area contributed by atoms with Crippen LogP contribution in [0.5, 0.6) is 0 Å². The third-order valence-electron chi connectivity index (χ3n) is 6.65. The summed E-state index contributed by atoms with van der Waals surface area (Å²) < 4.78 is 0. The van der Waals surface area contributed by atoms with Crippen LogP contribution in [0.3, 0.4) is 0 Å². The highest BCUT2D eigenvalue weighted by Crippen LogP contribution is 2.56. The number of hydrogen-bond donors (Lipinski definition) is 2. The fraction of sp³-hybridized carbons (Fsp3) is 0.391. The molecule has 7 heteroatoms. The van der Waals surface area contributed by atoms with Crippen molar-refractivity contribution in [3.05, 3.63) is 54.0 Å². The van der Waals surface area contributed by atoms with E-state index in [9.17, 15) is 4.79 Å². The summed E-state index contributed by atoms with van der Waals surface area (Å²) in [6.07, 6.45) is 6.44. The van der Waals surface area contributed by atoms with E-state index < -0.39 is 0 Å². The van der Waals surface area contributed by atoms with Gasteiger partial charge in [-0.05, 0) is 55.4 Å². The van der Waals surface area contributed by atoms with E-state index in [1.165, 1.54) is 0 Å². The summed E-state index contributed by atoms with van der Waals surface area (Å²) in [5, 5.41) is 13.3. The van der Waals surface area contributed by atoms with Crippen molar-refractivity contribution in [1.29, 1.82) is 5.26 Å². The first-order chi connectivity index (χ1) is 14.6. The number of carbonyl (C=O) groups excluding carboxylic acids is 1. The first kappa shape index (κ1) is 18.6. The van der Waals surface area contributed by atoms with Crippen LogP contribution < -0.4 is 10.2 Å². The second-order valence-corrected chi connectivity index (χ2v) is 8.53. The summed E-state index contributed by atoms with van der Waals surface area (Å²) >= 11 is 0. The third kappa shape index (κ3) is 3.18. The van der Waals surface area contributed by atoms with Gasteiger partial charge < -0.3 is 15.2 Å². The lowest BCUT2D eigenvalue weighted by Crippen LogP contribution is -2.48. The number of anilines is 1. The average Bonchev–Trinajstić information content (AvgIpc) is 3.34. The standard InChI is InChI=1S/C23H24N6O/c1-15(17-4-2-3-16(11-17)12-24)28-22(30)19-6-10-29(13-23(19)7-8-23)21-18-5-9-25-20(18)26-14-27-21/h2-5,9,11,14-15,19H,6-8,10,13H2,1H3,(H,28,30)(H,25,26,27). The predicted molar refractivity (Wildman–Crippen MR) is 114 cm³/mol. The van der Waals surface area contributed by atoms with Crippen molar-refractivity contribution in [2.75, 3.05) is 18.0 Å². The van der Waals surface area contributed by atoms with E-state index in [0.29, 0.717) is 5.56 Å². The number of amides is 1. The Morgan fingerprint density at radius 2 is 2.23 bits per heavy atom. The number of piperidine rings is 1. The number of aromatic nitrogens is 3. The maximum Gasteiger partial charge on any atom is 0.224 e. The fourth-order valence-electron chi connectivity index (χ4n) is 4.80. The lowest BCUT2D eigenvalue weighted by molar-refractivity contribution is -0.128. The van der Waals surface area contributed by atoms with Crippen molar-refractivity contribution in [1.82, 2.24) is 20.3 Å². The van der Waals surface area contributed by atoms with Gasteiger partial charge in [0.05, 0.1) is 23.1 Å². The summed E-state index contributed by atoms with van der Waals surface area (Å²) in [6.45, 7) is 3.63. The quantitative estimate of drug-likeness (QED) is 0.700. The summed E-state index contributed by atoms with van der Waals surface area (Å²) in [6, 6.07) is 11.5. The van der Waals surface area contributed by atoms with E-state index in [-0.39, 0.29) is 23.3 Å². The maximum atomic E-state index is 13.2. The van der Waals surface area contributed by atoms with Gasteiger partial charge in [0.25, 0.3) is 0 Å². The lowest BCUT2D eigenvalue weighted by Gasteiger charge is -2.39. The predicted octanol–water partition coefficient (Wildman–Crippen LogP) is 3.31. The van der Waals surface area contributed by atoms with Crippen molar-refractivity contribution < 1.29 is 4.79 Å². The highest BCUT2D eigenvalue weighted by Gasteiger charge is 2.55. The molecule has 1 aliphatic carbocycles. The Bertz CT molecular complexity index is 1140. The van der Waals surface area contributed by atoms with Crippen molar-refractivity contribution in [3.63, 3.8) is 0 Å². The molecule has 0 radical (unpaired) electrons. The zero-order chi connectivity index (χ0) is 20.7. The molecule has 1 aromatic carbocycles. The fourth-order valence-corrected chi connectivity index (χ4v) is 4.80. The first-order valence-electron chi connectivity index (χ1n) is 10.4. The van der Waals surface area contributed by atoms with Gasteiger partial charge in [-0.15, -0.1) is 0 Å². The molecule has 2 atom stereocenters. The van der Waals surface area contributed by atoms with E-state index in [1.807, 2.05) is 37.4 Å². The minimum atomic E-state index is -0.124. The van der Waals surface area contributed by atoms with E-state index in [0.717, 1.165) is 54.8 Å². The van der Waals surface area contributed by atoms with Crippen molar-refractivity contribution in [2.24, 2.45) is 11.3 Å². The molecule has 1 amide bonds. The Balaban J connectivity index is 1.31. The number of fused-ring (bicyclic) bond motifs is 1.